The second kappa shape index (κ2) is 8.23. The van der Waals surface area contributed by atoms with Gasteiger partial charge in [-0.2, -0.15) is 0 Å². The zero-order valence-electron chi connectivity index (χ0n) is 19.9. The Balaban J connectivity index is 1.46. The van der Waals surface area contributed by atoms with Crippen molar-refractivity contribution < 1.29 is 9.59 Å². The molecule has 1 saturated carbocycles. The largest absolute Gasteiger partial charge is 0.361 e. The van der Waals surface area contributed by atoms with Crippen LogP contribution in [0.2, 0.25) is 0 Å². The summed E-state index contributed by atoms with van der Waals surface area (Å²) in [5.74, 6) is 0.329. The van der Waals surface area contributed by atoms with Gasteiger partial charge in [0.1, 0.15) is 0 Å². The van der Waals surface area contributed by atoms with E-state index in [0.717, 1.165) is 58.4 Å². The first kappa shape index (κ1) is 21.2. The van der Waals surface area contributed by atoms with Crippen LogP contribution in [0.15, 0.2) is 96.3 Å². The number of carbonyl (C=O) groups is 2. The van der Waals surface area contributed by atoms with Crippen LogP contribution >= 0.6 is 0 Å². The topological polar surface area (TPSA) is 65.2 Å². The normalized spacial score (nSPS) is 21.6. The summed E-state index contributed by atoms with van der Waals surface area (Å²) >= 11 is 0. The van der Waals surface area contributed by atoms with Gasteiger partial charge in [0.2, 0.25) is 5.91 Å². The molecule has 2 atom stereocenters. The number of fused-ring (bicyclic) bond motifs is 2. The molecular weight excluding hydrogens is 446 g/mol. The molecule has 7 rings (SSSR count). The highest BCUT2D eigenvalue weighted by Gasteiger charge is 2.45. The molecule has 0 unspecified atom stereocenters. The lowest BCUT2D eigenvalue weighted by molar-refractivity contribution is -0.120. The van der Waals surface area contributed by atoms with Crippen molar-refractivity contribution >= 4 is 34.0 Å². The molecule has 2 heterocycles. The van der Waals surface area contributed by atoms with Gasteiger partial charge in [-0.25, -0.2) is 0 Å². The lowest BCUT2D eigenvalue weighted by Gasteiger charge is -2.35. The predicted molar refractivity (Wildman–Crippen MR) is 142 cm³/mol. The Hall–Kier alpha value is -4.12. The Kier molecular flexibility index (Phi) is 4.84. The van der Waals surface area contributed by atoms with E-state index in [-0.39, 0.29) is 23.5 Å². The molecule has 5 heteroatoms. The third-order valence-corrected chi connectivity index (χ3v) is 7.84. The van der Waals surface area contributed by atoms with Gasteiger partial charge in [-0.1, -0.05) is 60.7 Å². The highest BCUT2D eigenvalue weighted by atomic mass is 16.2. The third-order valence-electron chi connectivity index (χ3n) is 7.84. The predicted octanol–water partition coefficient (Wildman–Crippen LogP) is 6.48. The number of nitrogens with zero attached hydrogens (tertiary/aromatic N) is 1. The van der Waals surface area contributed by atoms with E-state index in [1.165, 1.54) is 5.56 Å². The molecule has 0 spiro atoms. The summed E-state index contributed by atoms with van der Waals surface area (Å²) in [5, 5.41) is 4.67. The Morgan fingerprint density at radius 2 is 1.61 bits per heavy atom. The molecule has 0 saturated heterocycles. The molecular formula is C31H27N3O2. The summed E-state index contributed by atoms with van der Waals surface area (Å²) in [7, 11) is 0. The number of ketones is 1. The van der Waals surface area contributed by atoms with E-state index in [0.29, 0.717) is 6.42 Å². The maximum Gasteiger partial charge on any atom is 0.231 e. The summed E-state index contributed by atoms with van der Waals surface area (Å²) in [4.78, 5) is 33.3. The van der Waals surface area contributed by atoms with Crippen molar-refractivity contribution in [2.75, 3.05) is 10.2 Å². The van der Waals surface area contributed by atoms with Crippen LogP contribution in [0.5, 0.6) is 0 Å². The highest BCUT2D eigenvalue weighted by molar-refractivity contribution is 6.08. The van der Waals surface area contributed by atoms with Gasteiger partial charge < -0.3 is 10.3 Å². The van der Waals surface area contributed by atoms with E-state index < -0.39 is 6.04 Å². The summed E-state index contributed by atoms with van der Waals surface area (Å²) in [6, 6.07) is 25.9. The number of hydrogen-bond donors (Lipinski definition) is 2. The van der Waals surface area contributed by atoms with E-state index in [1.807, 2.05) is 71.8 Å². The van der Waals surface area contributed by atoms with Crippen LogP contribution < -0.4 is 10.2 Å². The van der Waals surface area contributed by atoms with Crippen LogP contribution in [0.1, 0.15) is 48.8 Å². The van der Waals surface area contributed by atoms with Crippen LogP contribution in [-0.4, -0.2) is 16.7 Å². The van der Waals surface area contributed by atoms with Crippen molar-refractivity contribution in [1.82, 2.24) is 4.98 Å². The van der Waals surface area contributed by atoms with Gasteiger partial charge in [0.25, 0.3) is 0 Å². The fourth-order valence-corrected chi connectivity index (χ4v) is 5.94. The van der Waals surface area contributed by atoms with Crippen LogP contribution in [0, 0.1) is 5.92 Å². The molecule has 2 N–H and O–H groups in total. The van der Waals surface area contributed by atoms with Gasteiger partial charge in [-0.3, -0.25) is 14.5 Å². The maximum absolute atomic E-state index is 14.1. The third kappa shape index (κ3) is 3.38. The second-order valence-electron chi connectivity index (χ2n) is 10.1. The molecule has 1 aliphatic heterocycles. The lowest BCUT2D eigenvalue weighted by Crippen LogP contribution is -2.39. The van der Waals surface area contributed by atoms with E-state index >= 15 is 0 Å². The standard InChI is InChI=1S/C31H27N3O2/c35-28-17-21(19-8-2-1-3-9-19)16-26-29(28)30(23-18-32-24-11-5-4-10-22(23)24)34(31(36)20-14-15-20)27-13-7-6-12-25(27)33-26/h1-13,18,20-21,30,32-33H,14-17H2/t21-,30-/m1/s1. The van der Waals surface area contributed by atoms with Gasteiger partial charge in [0, 0.05) is 46.3 Å². The number of rotatable bonds is 3. The van der Waals surface area contributed by atoms with Gasteiger partial charge >= 0.3 is 0 Å². The molecule has 3 aromatic carbocycles. The fourth-order valence-electron chi connectivity index (χ4n) is 5.94. The summed E-state index contributed by atoms with van der Waals surface area (Å²) < 4.78 is 0. The Bertz CT molecular complexity index is 1530. The second-order valence-corrected chi connectivity index (χ2v) is 10.1. The average Bonchev–Trinajstić information content (AvgIpc) is 3.70. The Labute approximate surface area is 209 Å². The Morgan fingerprint density at radius 3 is 2.44 bits per heavy atom. The van der Waals surface area contributed by atoms with Crippen molar-refractivity contribution in [3.05, 3.63) is 107 Å². The van der Waals surface area contributed by atoms with Crippen LogP contribution in [0.4, 0.5) is 11.4 Å². The minimum Gasteiger partial charge on any atom is -0.361 e. The maximum atomic E-state index is 14.1. The first-order valence-electron chi connectivity index (χ1n) is 12.8. The number of aromatic amines is 1. The molecule has 178 valence electrons. The SMILES string of the molecule is O=C1C[C@H](c2ccccc2)CC2=C1[C@@H](c1c[nH]c3ccccc13)N(C(=O)C1CC1)c1ccccc1N2. The van der Waals surface area contributed by atoms with Gasteiger partial charge in [-0.15, -0.1) is 0 Å². The van der Waals surface area contributed by atoms with E-state index in [9.17, 15) is 9.59 Å². The van der Waals surface area contributed by atoms with Gasteiger partial charge in [-0.05, 0) is 48.9 Å². The van der Waals surface area contributed by atoms with Gasteiger partial charge in [0.05, 0.1) is 17.4 Å². The van der Waals surface area contributed by atoms with Crippen molar-refractivity contribution in [3.8, 4) is 0 Å². The quantitative estimate of drug-likeness (QED) is 0.358. The molecule has 3 aliphatic rings. The zero-order valence-corrected chi connectivity index (χ0v) is 19.9. The number of hydrogen-bond acceptors (Lipinski definition) is 3. The number of para-hydroxylation sites is 3. The van der Waals surface area contributed by atoms with E-state index in [2.05, 4.69) is 28.5 Å². The highest BCUT2D eigenvalue weighted by Crippen LogP contribution is 2.50. The zero-order chi connectivity index (χ0) is 24.2. The van der Waals surface area contributed by atoms with Crippen molar-refractivity contribution in [1.29, 1.82) is 0 Å². The number of anilines is 2. The first-order chi connectivity index (χ1) is 17.7. The molecule has 2 aliphatic carbocycles. The van der Waals surface area contributed by atoms with Gasteiger partial charge in [0.15, 0.2) is 5.78 Å². The van der Waals surface area contributed by atoms with Crippen LogP contribution in [0.3, 0.4) is 0 Å². The molecule has 36 heavy (non-hydrogen) atoms. The molecule has 0 radical (unpaired) electrons. The van der Waals surface area contributed by atoms with Crippen molar-refractivity contribution in [2.45, 2.75) is 37.6 Å². The van der Waals surface area contributed by atoms with Crippen LogP contribution in [0.25, 0.3) is 10.9 Å². The summed E-state index contributed by atoms with van der Waals surface area (Å²) in [6.45, 7) is 0. The van der Waals surface area contributed by atoms with Crippen molar-refractivity contribution in [2.24, 2.45) is 5.92 Å². The first-order valence-corrected chi connectivity index (χ1v) is 12.8. The molecule has 1 aromatic heterocycles. The molecule has 4 aromatic rings. The number of Topliss-reactive ketones (excluding diaryl/α,β-unsaturated/α-hetero) is 1. The average molecular weight is 474 g/mol. The van der Waals surface area contributed by atoms with Crippen molar-refractivity contribution in [3.63, 3.8) is 0 Å². The molecule has 0 bridgehead atoms. The molecule has 1 amide bonds. The smallest absolute Gasteiger partial charge is 0.231 e. The van der Waals surface area contributed by atoms with Crippen LogP contribution in [-0.2, 0) is 9.59 Å². The number of benzene rings is 3. The number of amides is 1. The lowest BCUT2D eigenvalue weighted by atomic mass is 9.78. The number of H-pyrrole nitrogens is 1. The minimum absolute atomic E-state index is 0.0173. The monoisotopic (exact) mass is 473 g/mol. The minimum atomic E-state index is -0.482. The molecule has 5 nitrogen and oxygen atoms in total. The summed E-state index contributed by atoms with van der Waals surface area (Å²) in [5.41, 5.74) is 6.50. The number of nitrogens with one attached hydrogen (secondary N) is 2. The molecule has 1 fully saturated rings. The van der Waals surface area contributed by atoms with E-state index in [4.69, 9.17) is 0 Å². The number of aromatic nitrogens is 1. The number of carbonyl (C=O) groups excluding carboxylic acids is 2. The van der Waals surface area contributed by atoms with E-state index in [1.54, 1.807) is 0 Å². The summed E-state index contributed by atoms with van der Waals surface area (Å²) in [6.07, 6.45) is 4.95. The number of allylic oxidation sites excluding steroid dienone is 1. The Morgan fingerprint density at radius 1 is 0.861 bits per heavy atom. The fraction of sp³-hybridized carbons (Fsp3) is 0.226.